The van der Waals surface area contributed by atoms with E-state index in [0.717, 1.165) is 42.5 Å². The number of carbonyl (C=O) groups excluding carboxylic acids is 4. The fraction of sp³-hybridized carbons (Fsp3) is 0.415. The molecule has 0 aliphatic carbocycles. The van der Waals surface area contributed by atoms with Crippen LogP contribution in [-0.4, -0.2) is 86.8 Å². The van der Waals surface area contributed by atoms with E-state index in [1.54, 1.807) is 40.6 Å². The lowest BCUT2D eigenvalue weighted by Gasteiger charge is -2.20. The van der Waals surface area contributed by atoms with Crippen LogP contribution < -0.4 is 20.7 Å². The van der Waals surface area contributed by atoms with Crippen molar-refractivity contribution in [2.24, 2.45) is 19.1 Å². The molecule has 1 atom stereocenters. The fourth-order valence-electron chi connectivity index (χ4n) is 6.61. The predicted molar refractivity (Wildman–Crippen MR) is 211 cm³/mol. The van der Waals surface area contributed by atoms with Gasteiger partial charge in [-0.2, -0.15) is 0 Å². The van der Waals surface area contributed by atoms with Gasteiger partial charge in [-0.3, -0.25) is 24.2 Å². The molecule has 2 aliphatic rings. The number of aliphatic imine (C=N–C) groups is 1. The van der Waals surface area contributed by atoms with E-state index in [1.807, 2.05) is 76.3 Å². The third-order valence-electron chi connectivity index (χ3n) is 9.48. The van der Waals surface area contributed by atoms with Crippen molar-refractivity contribution in [3.05, 3.63) is 77.5 Å². The molecule has 0 radical (unpaired) electrons. The summed E-state index contributed by atoms with van der Waals surface area (Å²) >= 11 is 0. The third kappa shape index (κ3) is 9.68. The molecule has 0 unspecified atom stereocenters. The standard InChI is InChI=1S/C41H50N8O6/c1-26-20-31-32(43-23-30-10-7-17-49(30)40(31)53)22-34(26)54-18-8-11-36(50)45-35-25-48(6)37(46-35)39(52)44-29-14-12-27(13-15-29)28-21-33(47(5)24-28)38(51)42-16-9-19-55-41(2,3)4/h12-15,20-25,30H,7-11,16-19H2,1-6H3,(H,42,51)(H,44,52)(H,45,50)/t30-/m0/s1. The molecular formula is C41H50N8O6. The van der Waals surface area contributed by atoms with Crippen LogP contribution >= 0.6 is 0 Å². The summed E-state index contributed by atoms with van der Waals surface area (Å²) in [6.07, 6.45) is 8.58. The van der Waals surface area contributed by atoms with E-state index >= 15 is 0 Å². The van der Waals surface area contributed by atoms with Crippen LogP contribution in [0.2, 0.25) is 0 Å². The number of hydrogen-bond acceptors (Lipinski definition) is 8. The number of anilines is 2. The van der Waals surface area contributed by atoms with Gasteiger partial charge in [-0.1, -0.05) is 12.1 Å². The van der Waals surface area contributed by atoms with Crippen molar-refractivity contribution in [1.82, 2.24) is 24.3 Å². The molecule has 2 aliphatic heterocycles. The second-order valence-corrected chi connectivity index (χ2v) is 15.0. The Bertz CT molecular complexity index is 2090. The monoisotopic (exact) mass is 750 g/mol. The number of aryl methyl sites for hydroxylation is 3. The van der Waals surface area contributed by atoms with Gasteiger partial charge in [-0.25, -0.2) is 4.98 Å². The predicted octanol–water partition coefficient (Wildman–Crippen LogP) is 6.04. The zero-order valence-electron chi connectivity index (χ0n) is 32.4. The molecule has 14 heteroatoms. The molecule has 0 saturated carbocycles. The number of rotatable bonds is 14. The Labute approximate surface area is 321 Å². The van der Waals surface area contributed by atoms with Crippen molar-refractivity contribution < 1.29 is 28.7 Å². The van der Waals surface area contributed by atoms with Crippen molar-refractivity contribution >= 4 is 47.0 Å². The number of aromatic nitrogens is 3. The Hall–Kier alpha value is -5.76. The maximum atomic E-state index is 13.1. The van der Waals surface area contributed by atoms with Gasteiger partial charge in [0.1, 0.15) is 11.4 Å². The quantitative estimate of drug-likeness (QED) is 0.133. The molecule has 2 aromatic carbocycles. The Morgan fingerprint density at radius 1 is 0.927 bits per heavy atom. The first-order valence-electron chi connectivity index (χ1n) is 18.7. The van der Waals surface area contributed by atoms with Crippen LogP contribution in [0.3, 0.4) is 0 Å². The van der Waals surface area contributed by atoms with Crippen LogP contribution in [0.4, 0.5) is 17.2 Å². The van der Waals surface area contributed by atoms with Crippen LogP contribution in [0.15, 0.2) is 59.9 Å². The number of imidazole rings is 1. The number of hydrogen-bond donors (Lipinski definition) is 3. The molecule has 4 amide bonds. The van der Waals surface area contributed by atoms with Gasteiger partial charge in [0, 0.05) is 76.1 Å². The van der Waals surface area contributed by atoms with Gasteiger partial charge in [0.05, 0.1) is 29.5 Å². The Balaban J connectivity index is 0.957. The number of benzene rings is 2. The number of nitrogens with zero attached hydrogens (tertiary/aromatic N) is 5. The van der Waals surface area contributed by atoms with Crippen LogP contribution in [0.5, 0.6) is 5.75 Å². The Morgan fingerprint density at radius 3 is 2.47 bits per heavy atom. The molecule has 3 N–H and O–H groups in total. The summed E-state index contributed by atoms with van der Waals surface area (Å²) in [7, 11) is 3.51. The molecule has 6 rings (SSSR count). The fourth-order valence-corrected chi connectivity index (χ4v) is 6.61. The second kappa shape index (κ2) is 16.7. The van der Waals surface area contributed by atoms with Crippen molar-refractivity contribution in [2.45, 2.75) is 71.4 Å². The zero-order chi connectivity index (χ0) is 39.3. The summed E-state index contributed by atoms with van der Waals surface area (Å²) in [6, 6.07) is 12.8. The minimum absolute atomic E-state index is 0.00163. The summed E-state index contributed by atoms with van der Waals surface area (Å²) in [5.41, 5.74) is 4.67. The maximum absolute atomic E-state index is 13.1. The number of ether oxygens (including phenoxy) is 2. The van der Waals surface area contributed by atoms with Crippen molar-refractivity contribution in [3.63, 3.8) is 0 Å². The highest BCUT2D eigenvalue weighted by Crippen LogP contribution is 2.34. The highest BCUT2D eigenvalue weighted by atomic mass is 16.5. The minimum Gasteiger partial charge on any atom is -0.493 e. The lowest BCUT2D eigenvalue weighted by molar-refractivity contribution is -0.116. The highest BCUT2D eigenvalue weighted by Gasteiger charge is 2.32. The van der Waals surface area contributed by atoms with E-state index in [4.69, 9.17) is 9.47 Å². The molecule has 290 valence electrons. The molecule has 4 aromatic rings. The zero-order valence-corrected chi connectivity index (χ0v) is 32.4. The van der Waals surface area contributed by atoms with E-state index < -0.39 is 5.91 Å². The summed E-state index contributed by atoms with van der Waals surface area (Å²) in [6.45, 7) is 10.0. The average molecular weight is 751 g/mol. The van der Waals surface area contributed by atoms with E-state index in [9.17, 15) is 19.2 Å². The first kappa shape index (κ1) is 38.9. The number of fused-ring (bicyclic) bond motifs is 2. The largest absolute Gasteiger partial charge is 0.493 e. The molecule has 14 nitrogen and oxygen atoms in total. The van der Waals surface area contributed by atoms with E-state index in [2.05, 4.69) is 25.9 Å². The van der Waals surface area contributed by atoms with E-state index in [1.165, 1.54) is 0 Å². The number of carbonyl (C=O) groups is 4. The van der Waals surface area contributed by atoms with Gasteiger partial charge < -0.3 is 39.5 Å². The molecule has 1 fully saturated rings. The normalized spacial score (nSPS) is 15.0. The Morgan fingerprint density at radius 2 is 1.71 bits per heavy atom. The molecule has 1 saturated heterocycles. The molecule has 0 spiro atoms. The first-order valence-corrected chi connectivity index (χ1v) is 18.7. The van der Waals surface area contributed by atoms with E-state index in [0.29, 0.717) is 54.6 Å². The summed E-state index contributed by atoms with van der Waals surface area (Å²) in [5.74, 6) is 0.179. The lowest BCUT2D eigenvalue weighted by Crippen LogP contribution is -2.35. The number of nitrogens with one attached hydrogen (secondary N) is 3. The van der Waals surface area contributed by atoms with Crippen LogP contribution in [0.25, 0.3) is 11.1 Å². The third-order valence-corrected chi connectivity index (χ3v) is 9.48. The van der Waals surface area contributed by atoms with Gasteiger partial charge >= 0.3 is 0 Å². The second-order valence-electron chi connectivity index (χ2n) is 15.0. The number of amides is 4. The average Bonchev–Trinajstić information content (AvgIpc) is 3.85. The smallest absolute Gasteiger partial charge is 0.291 e. The molecule has 4 heterocycles. The maximum Gasteiger partial charge on any atom is 0.291 e. The molecule has 2 aromatic heterocycles. The van der Waals surface area contributed by atoms with Crippen molar-refractivity contribution in [2.75, 3.05) is 36.9 Å². The summed E-state index contributed by atoms with van der Waals surface area (Å²) in [5, 5.41) is 8.57. The van der Waals surface area contributed by atoms with Crippen LogP contribution in [0.1, 0.15) is 89.9 Å². The van der Waals surface area contributed by atoms with Crippen LogP contribution in [0, 0.1) is 6.92 Å². The SMILES string of the molecule is Cc1cc2c(cc1OCCCC(=O)Nc1cn(C)c(C(=O)Nc3ccc(-c4cc(C(=O)NCCCOC(C)(C)C)n(C)c4)cc3)n1)N=C[C@@H]1CCCN1C2=O. The van der Waals surface area contributed by atoms with Gasteiger partial charge in [-0.05, 0) is 88.8 Å². The van der Waals surface area contributed by atoms with E-state index in [-0.39, 0.29) is 47.4 Å². The first-order chi connectivity index (χ1) is 26.3. The van der Waals surface area contributed by atoms with Gasteiger partial charge in [0.2, 0.25) is 11.7 Å². The Kier molecular flexibility index (Phi) is 11.8. The molecule has 55 heavy (non-hydrogen) atoms. The van der Waals surface area contributed by atoms with Crippen LogP contribution in [-0.2, 0) is 23.6 Å². The van der Waals surface area contributed by atoms with Crippen molar-refractivity contribution in [3.8, 4) is 16.9 Å². The summed E-state index contributed by atoms with van der Waals surface area (Å²) in [4.78, 5) is 62.5. The van der Waals surface area contributed by atoms with Crippen molar-refractivity contribution in [1.29, 1.82) is 0 Å². The minimum atomic E-state index is -0.432. The van der Waals surface area contributed by atoms with Gasteiger partial charge in [0.15, 0.2) is 5.82 Å². The summed E-state index contributed by atoms with van der Waals surface area (Å²) < 4.78 is 15.0. The molecule has 0 bridgehead atoms. The van der Waals surface area contributed by atoms with Gasteiger partial charge in [-0.15, -0.1) is 0 Å². The topological polar surface area (TPSA) is 161 Å². The highest BCUT2D eigenvalue weighted by molar-refractivity contribution is 6.04. The molecular weight excluding hydrogens is 701 g/mol. The van der Waals surface area contributed by atoms with Gasteiger partial charge in [0.25, 0.3) is 17.7 Å². The lowest BCUT2D eigenvalue weighted by atomic mass is 10.1.